The van der Waals surface area contributed by atoms with Crippen molar-refractivity contribution in [1.82, 2.24) is 4.98 Å². The summed E-state index contributed by atoms with van der Waals surface area (Å²) in [6.07, 6.45) is 1.78. The zero-order valence-electron chi connectivity index (χ0n) is 9.76. The van der Waals surface area contributed by atoms with Crippen LogP contribution in [0.25, 0.3) is 0 Å². The number of rotatable bonds is 1. The van der Waals surface area contributed by atoms with Gasteiger partial charge in [-0.15, -0.1) is 0 Å². The maximum absolute atomic E-state index is 5.69. The van der Waals surface area contributed by atoms with Crippen LogP contribution in [0.4, 0.5) is 0 Å². The van der Waals surface area contributed by atoms with Crippen LogP contribution in [0.3, 0.4) is 0 Å². The second-order valence-electron chi connectivity index (χ2n) is 5.34. The van der Waals surface area contributed by atoms with Gasteiger partial charge >= 0.3 is 0 Å². The van der Waals surface area contributed by atoms with Gasteiger partial charge in [-0.2, -0.15) is 0 Å². The Morgan fingerprint density at radius 2 is 1.71 bits per heavy atom. The van der Waals surface area contributed by atoms with Crippen molar-refractivity contribution >= 4 is 13.4 Å². The predicted molar refractivity (Wildman–Crippen MR) is 62.1 cm³/mol. The van der Waals surface area contributed by atoms with Crippen molar-refractivity contribution in [3.8, 4) is 0 Å². The van der Waals surface area contributed by atoms with E-state index >= 15 is 0 Å². The van der Waals surface area contributed by atoms with Gasteiger partial charge in [0.2, 0.25) is 0 Å². The summed E-state index contributed by atoms with van der Waals surface area (Å²) in [6.45, 7) is 11.2. The normalized spacial score (nSPS) is 12.9. The zero-order chi connectivity index (χ0) is 11.0. The molecule has 0 saturated heterocycles. The second kappa shape index (κ2) is 3.41. The topological polar surface area (TPSA) is 12.9 Å². The fourth-order valence-corrected chi connectivity index (χ4v) is 1.27. The van der Waals surface area contributed by atoms with Crippen LogP contribution in [0.15, 0.2) is 18.3 Å². The molecular weight excluding hydrogens is 169 g/mol. The van der Waals surface area contributed by atoms with Crippen LogP contribution in [0, 0.1) is 5.41 Å². The van der Waals surface area contributed by atoms with Gasteiger partial charge in [0.15, 0.2) is 0 Å². The standard InChI is InChI=1S/C12H18BN/c1-11(2,3)12(4,5)9-6-7-14-10(13)8-9/h6-8H,1-5H3. The molecule has 0 fully saturated rings. The number of hydrogen-bond acceptors (Lipinski definition) is 1. The monoisotopic (exact) mass is 187 g/mol. The van der Waals surface area contributed by atoms with Crippen LogP contribution < -0.4 is 5.59 Å². The van der Waals surface area contributed by atoms with Gasteiger partial charge in [0.1, 0.15) is 7.85 Å². The molecular formula is C12H18BN. The first kappa shape index (κ1) is 11.3. The summed E-state index contributed by atoms with van der Waals surface area (Å²) >= 11 is 0. The Labute approximate surface area is 88.4 Å². The van der Waals surface area contributed by atoms with Gasteiger partial charge in [-0.1, -0.05) is 34.6 Å². The molecule has 0 saturated carbocycles. The highest BCUT2D eigenvalue weighted by molar-refractivity contribution is 6.30. The summed E-state index contributed by atoms with van der Waals surface area (Å²) in [5.41, 5.74) is 2.16. The third-order valence-corrected chi connectivity index (χ3v) is 3.38. The van der Waals surface area contributed by atoms with E-state index in [-0.39, 0.29) is 10.8 Å². The highest BCUT2D eigenvalue weighted by Gasteiger charge is 2.34. The molecule has 0 spiro atoms. The SMILES string of the molecule is [B]c1cc(C(C)(C)C(C)(C)C)ccn1. The van der Waals surface area contributed by atoms with E-state index in [1.165, 1.54) is 5.56 Å². The molecule has 0 N–H and O–H groups in total. The van der Waals surface area contributed by atoms with Crippen molar-refractivity contribution < 1.29 is 0 Å². The number of nitrogens with zero attached hydrogens (tertiary/aromatic N) is 1. The van der Waals surface area contributed by atoms with Crippen molar-refractivity contribution in [2.24, 2.45) is 5.41 Å². The molecule has 0 aliphatic heterocycles. The molecule has 1 heterocycles. The largest absolute Gasteiger partial charge is 0.273 e. The van der Waals surface area contributed by atoms with Gasteiger partial charge in [0, 0.05) is 6.20 Å². The molecule has 14 heavy (non-hydrogen) atoms. The van der Waals surface area contributed by atoms with Gasteiger partial charge in [-0.25, -0.2) is 0 Å². The third kappa shape index (κ3) is 2.00. The summed E-state index contributed by atoms with van der Waals surface area (Å²) < 4.78 is 0. The lowest BCUT2D eigenvalue weighted by molar-refractivity contribution is 0.225. The number of hydrogen-bond donors (Lipinski definition) is 0. The lowest BCUT2D eigenvalue weighted by Crippen LogP contribution is -2.34. The Morgan fingerprint density at radius 3 is 2.14 bits per heavy atom. The maximum Gasteiger partial charge on any atom is 0.141 e. The summed E-state index contributed by atoms with van der Waals surface area (Å²) in [4.78, 5) is 4.01. The molecule has 74 valence electrons. The molecule has 2 radical (unpaired) electrons. The predicted octanol–water partition coefficient (Wildman–Crippen LogP) is 2.20. The molecule has 1 aromatic rings. The van der Waals surface area contributed by atoms with Crippen molar-refractivity contribution in [2.45, 2.75) is 40.0 Å². The Balaban J connectivity index is 3.16. The fraction of sp³-hybridized carbons (Fsp3) is 0.583. The molecule has 1 rings (SSSR count). The Morgan fingerprint density at radius 1 is 1.14 bits per heavy atom. The van der Waals surface area contributed by atoms with Crippen LogP contribution in [0.2, 0.25) is 0 Å². The highest BCUT2D eigenvalue weighted by atomic mass is 14.6. The van der Waals surface area contributed by atoms with Gasteiger partial charge in [-0.05, 0) is 34.1 Å². The average molecular weight is 187 g/mol. The van der Waals surface area contributed by atoms with Crippen molar-refractivity contribution in [3.63, 3.8) is 0 Å². The lowest BCUT2D eigenvalue weighted by Gasteiger charge is -2.39. The van der Waals surface area contributed by atoms with E-state index in [0.717, 1.165) is 0 Å². The first-order chi connectivity index (χ1) is 6.25. The quantitative estimate of drug-likeness (QED) is 0.614. The Hall–Kier alpha value is -0.785. The van der Waals surface area contributed by atoms with Crippen molar-refractivity contribution in [3.05, 3.63) is 23.9 Å². The minimum atomic E-state index is 0.101. The van der Waals surface area contributed by atoms with E-state index < -0.39 is 0 Å². The molecule has 1 nitrogen and oxygen atoms in total. The lowest BCUT2D eigenvalue weighted by atomic mass is 9.65. The molecule has 2 heteroatoms. The molecule has 0 bridgehead atoms. The average Bonchev–Trinajstić information content (AvgIpc) is 2.02. The van der Waals surface area contributed by atoms with Crippen molar-refractivity contribution in [1.29, 1.82) is 0 Å². The summed E-state index contributed by atoms with van der Waals surface area (Å²) in [7, 11) is 5.69. The highest BCUT2D eigenvalue weighted by Crippen LogP contribution is 2.40. The van der Waals surface area contributed by atoms with E-state index in [0.29, 0.717) is 5.59 Å². The molecule has 0 aromatic carbocycles. The molecule has 0 unspecified atom stereocenters. The van der Waals surface area contributed by atoms with Gasteiger partial charge < -0.3 is 0 Å². The number of pyridine rings is 1. The third-order valence-electron chi connectivity index (χ3n) is 3.38. The van der Waals surface area contributed by atoms with E-state index in [2.05, 4.69) is 39.6 Å². The van der Waals surface area contributed by atoms with Crippen LogP contribution in [0.1, 0.15) is 40.2 Å². The smallest absolute Gasteiger partial charge is 0.141 e. The van der Waals surface area contributed by atoms with Crippen LogP contribution >= 0.6 is 0 Å². The van der Waals surface area contributed by atoms with E-state index in [1.54, 1.807) is 6.20 Å². The van der Waals surface area contributed by atoms with Crippen LogP contribution in [-0.4, -0.2) is 12.8 Å². The Kier molecular flexibility index (Phi) is 2.75. The van der Waals surface area contributed by atoms with E-state index in [1.807, 2.05) is 12.1 Å². The van der Waals surface area contributed by atoms with Gasteiger partial charge in [-0.3, -0.25) is 4.98 Å². The zero-order valence-corrected chi connectivity index (χ0v) is 9.76. The molecule has 0 aliphatic rings. The first-order valence-corrected chi connectivity index (χ1v) is 4.97. The van der Waals surface area contributed by atoms with Gasteiger partial charge in [0.05, 0.1) is 0 Å². The van der Waals surface area contributed by atoms with Crippen LogP contribution in [0.5, 0.6) is 0 Å². The second-order valence-corrected chi connectivity index (χ2v) is 5.34. The minimum Gasteiger partial charge on any atom is -0.273 e. The first-order valence-electron chi connectivity index (χ1n) is 4.97. The van der Waals surface area contributed by atoms with E-state index in [9.17, 15) is 0 Å². The van der Waals surface area contributed by atoms with E-state index in [4.69, 9.17) is 7.85 Å². The summed E-state index contributed by atoms with van der Waals surface area (Å²) in [6, 6.07) is 4.01. The minimum absolute atomic E-state index is 0.101. The fourth-order valence-electron chi connectivity index (χ4n) is 1.27. The molecule has 0 amide bonds. The summed E-state index contributed by atoms with van der Waals surface area (Å²) in [5.74, 6) is 0. The van der Waals surface area contributed by atoms with Crippen molar-refractivity contribution in [2.75, 3.05) is 0 Å². The molecule has 0 atom stereocenters. The number of aromatic nitrogens is 1. The molecule has 0 aliphatic carbocycles. The molecule has 1 aromatic heterocycles. The Bertz CT molecular complexity index is 323. The summed E-state index contributed by atoms with van der Waals surface area (Å²) in [5, 5.41) is 0. The van der Waals surface area contributed by atoms with Crippen LogP contribution in [-0.2, 0) is 5.41 Å². The maximum atomic E-state index is 5.69. The van der Waals surface area contributed by atoms with Gasteiger partial charge in [0.25, 0.3) is 0 Å².